The fraction of sp³-hybridized carbons (Fsp3) is 0.529. The van der Waals surface area contributed by atoms with Crippen LogP contribution in [0.4, 0.5) is 24.5 Å². The zero-order valence-electron chi connectivity index (χ0n) is 14.3. The zero-order valence-corrected chi connectivity index (χ0v) is 14.3. The summed E-state index contributed by atoms with van der Waals surface area (Å²) in [5, 5.41) is 5.65. The number of fused-ring (bicyclic) bond motifs is 1. The van der Waals surface area contributed by atoms with E-state index in [2.05, 4.69) is 10.6 Å². The first-order chi connectivity index (χ1) is 12.3. The van der Waals surface area contributed by atoms with Gasteiger partial charge in [0.05, 0.1) is 24.3 Å². The van der Waals surface area contributed by atoms with Crippen molar-refractivity contribution in [3.8, 4) is 0 Å². The molecule has 2 aliphatic rings. The summed E-state index contributed by atoms with van der Waals surface area (Å²) in [6.07, 6.45) is -5.53. The van der Waals surface area contributed by atoms with E-state index in [0.29, 0.717) is 19.6 Å². The minimum atomic E-state index is -4.71. The van der Waals surface area contributed by atoms with E-state index in [9.17, 15) is 22.8 Å². The summed E-state index contributed by atoms with van der Waals surface area (Å²) in [6.45, 7) is 3.72. The third-order valence-corrected chi connectivity index (χ3v) is 4.75. The molecule has 0 aromatic heterocycles. The van der Waals surface area contributed by atoms with Crippen LogP contribution in [0, 0.1) is 0 Å². The second kappa shape index (κ2) is 7.24. The standard InChI is InChI=1S/C17H21F3N4O2/c1-11-9-21-6-7-23(11)10-16(26)24-13-5-3-2-4-12(13)22-15(25)8-14(24)17(18,19)20/h2-5,11,14,21H,6-10H2,1H3,(H,22,25)/t11-,14?/m1/s1. The van der Waals surface area contributed by atoms with Crippen molar-refractivity contribution in [3.63, 3.8) is 0 Å². The van der Waals surface area contributed by atoms with Gasteiger partial charge in [-0.25, -0.2) is 0 Å². The van der Waals surface area contributed by atoms with Gasteiger partial charge >= 0.3 is 6.18 Å². The third kappa shape index (κ3) is 3.83. The molecule has 0 aliphatic carbocycles. The second-order valence-corrected chi connectivity index (χ2v) is 6.61. The van der Waals surface area contributed by atoms with E-state index >= 15 is 0 Å². The number of halogens is 3. The Labute approximate surface area is 149 Å². The van der Waals surface area contributed by atoms with Gasteiger partial charge in [-0.05, 0) is 19.1 Å². The molecule has 2 amide bonds. The number of benzene rings is 1. The molecule has 0 spiro atoms. The van der Waals surface area contributed by atoms with Gasteiger partial charge in [0.15, 0.2) is 0 Å². The highest BCUT2D eigenvalue weighted by Crippen LogP contribution is 2.37. The molecule has 2 atom stereocenters. The number of nitrogens with one attached hydrogen (secondary N) is 2. The number of carbonyl (C=O) groups is 2. The Bertz CT molecular complexity index is 695. The molecule has 1 aromatic carbocycles. The molecule has 1 saturated heterocycles. The molecule has 26 heavy (non-hydrogen) atoms. The number of carbonyl (C=O) groups excluding carboxylic acids is 2. The molecule has 0 saturated carbocycles. The molecule has 6 nitrogen and oxygen atoms in total. The fourth-order valence-electron chi connectivity index (χ4n) is 3.36. The normalized spacial score (nSPS) is 24.6. The van der Waals surface area contributed by atoms with Crippen molar-refractivity contribution >= 4 is 23.2 Å². The van der Waals surface area contributed by atoms with E-state index in [1.165, 1.54) is 12.1 Å². The van der Waals surface area contributed by atoms with Crippen LogP contribution in [0.15, 0.2) is 24.3 Å². The molecule has 2 aliphatic heterocycles. The lowest BCUT2D eigenvalue weighted by molar-refractivity contribution is -0.158. The Kier molecular flexibility index (Phi) is 5.19. The molecule has 3 rings (SSSR count). The monoisotopic (exact) mass is 370 g/mol. The van der Waals surface area contributed by atoms with Gasteiger partial charge in [-0.1, -0.05) is 12.1 Å². The van der Waals surface area contributed by atoms with E-state index in [1.54, 1.807) is 12.1 Å². The predicted molar refractivity (Wildman–Crippen MR) is 90.9 cm³/mol. The van der Waals surface area contributed by atoms with Crippen LogP contribution in [0.2, 0.25) is 0 Å². The van der Waals surface area contributed by atoms with Gasteiger partial charge in [-0.2, -0.15) is 13.2 Å². The number of nitrogens with zero attached hydrogens (tertiary/aromatic N) is 2. The molecule has 1 aromatic rings. The van der Waals surface area contributed by atoms with Crippen LogP contribution in [0.5, 0.6) is 0 Å². The van der Waals surface area contributed by atoms with Crippen molar-refractivity contribution in [2.75, 3.05) is 36.4 Å². The molecule has 0 radical (unpaired) electrons. The number of piperazine rings is 1. The number of hydrogen-bond acceptors (Lipinski definition) is 4. The van der Waals surface area contributed by atoms with Crippen molar-refractivity contribution < 1.29 is 22.8 Å². The minimum absolute atomic E-state index is 0.0408. The molecule has 1 unspecified atom stereocenters. The maximum absolute atomic E-state index is 13.7. The number of para-hydroxylation sites is 2. The maximum Gasteiger partial charge on any atom is 0.409 e. The van der Waals surface area contributed by atoms with Crippen LogP contribution < -0.4 is 15.5 Å². The fourth-order valence-corrected chi connectivity index (χ4v) is 3.36. The van der Waals surface area contributed by atoms with Gasteiger partial charge in [0.25, 0.3) is 0 Å². The van der Waals surface area contributed by atoms with Crippen LogP contribution in [0.25, 0.3) is 0 Å². The average molecular weight is 370 g/mol. The highest BCUT2D eigenvalue weighted by molar-refractivity contribution is 6.05. The predicted octanol–water partition coefficient (Wildman–Crippen LogP) is 1.59. The van der Waals surface area contributed by atoms with Gasteiger partial charge in [0, 0.05) is 25.7 Å². The Balaban J connectivity index is 1.96. The quantitative estimate of drug-likeness (QED) is 0.830. The maximum atomic E-state index is 13.7. The van der Waals surface area contributed by atoms with Crippen molar-refractivity contribution in [2.24, 2.45) is 0 Å². The first-order valence-electron chi connectivity index (χ1n) is 8.50. The SMILES string of the molecule is C[C@@H]1CNCCN1CC(=O)N1c2ccccc2NC(=O)CC1C(F)(F)F. The lowest BCUT2D eigenvalue weighted by Crippen LogP contribution is -2.56. The first kappa shape index (κ1) is 18.7. The topological polar surface area (TPSA) is 64.7 Å². The minimum Gasteiger partial charge on any atom is -0.324 e. The summed E-state index contributed by atoms with van der Waals surface area (Å²) >= 11 is 0. The zero-order chi connectivity index (χ0) is 18.9. The van der Waals surface area contributed by atoms with E-state index in [1.807, 2.05) is 11.8 Å². The van der Waals surface area contributed by atoms with Gasteiger partial charge in [0.1, 0.15) is 6.04 Å². The van der Waals surface area contributed by atoms with Crippen molar-refractivity contribution in [2.45, 2.75) is 31.6 Å². The number of amides is 2. The van der Waals surface area contributed by atoms with E-state index in [-0.39, 0.29) is 24.0 Å². The van der Waals surface area contributed by atoms with E-state index in [0.717, 1.165) is 4.90 Å². The Morgan fingerprint density at radius 3 is 2.73 bits per heavy atom. The first-order valence-corrected chi connectivity index (χ1v) is 8.50. The van der Waals surface area contributed by atoms with Crippen LogP contribution >= 0.6 is 0 Å². The summed E-state index contributed by atoms with van der Waals surface area (Å²) in [5.74, 6) is -1.42. The smallest absolute Gasteiger partial charge is 0.324 e. The van der Waals surface area contributed by atoms with E-state index < -0.39 is 30.5 Å². The molecule has 1 fully saturated rings. The molecule has 0 bridgehead atoms. The average Bonchev–Trinajstić information content (AvgIpc) is 2.72. The lowest BCUT2D eigenvalue weighted by atomic mass is 10.1. The Morgan fingerprint density at radius 1 is 1.31 bits per heavy atom. The molecular weight excluding hydrogens is 349 g/mol. The summed E-state index contributed by atoms with van der Waals surface area (Å²) in [6, 6.07) is 3.94. The van der Waals surface area contributed by atoms with Crippen LogP contribution in [-0.2, 0) is 9.59 Å². The largest absolute Gasteiger partial charge is 0.409 e. The number of anilines is 2. The summed E-state index contributed by atoms with van der Waals surface area (Å²) in [4.78, 5) is 27.5. The van der Waals surface area contributed by atoms with E-state index in [4.69, 9.17) is 0 Å². The highest BCUT2D eigenvalue weighted by Gasteiger charge is 2.49. The van der Waals surface area contributed by atoms with Gasteiger partial charge in [-0.15, -0.1) is 0 Å². The highest BCUT2D eigenvalue weighted by atomic mass is 19.4. The van der Waals surface area contributed by atoms with Crippen molar-refractivity contribution in [1.82, 2.24) is 10.2 Å². The van der Waals surface area contributed by atoms with Gasteiger partial charge < -0.3 is 10.6 Å². The molecule has 2 heterocycles. The van der Waals surface area contributed by atoms with Crippen LogP contribution in [0.1, 0.15) is 13.3 Å². The number of hydrogen-bond donors (Lipinski definition) is 2. The Hall–Kier alpha value is -2.13. The second-order valence-electron chi connectivity index (χ2n) is 6.61. The van der Waals surface area contributed by atoms with Crippen molar-refractivity contribution in [1.29, 1.82) is 0 Å². The number of alkyl halides is 3. The molecule has 142 valence electrons. The van der Waals surface area contributed by atoms with Crippen molar-refractivity contribution in [3.05, 3.63) is 24.3 Å². The Morgan fingerprint density at radius 2 is 2.04 bits per heavy atom. The summed E-state index contributed by atoms with van der Waals surface area (Å²) in [7, 11) is 0. The van der Waals surface area contributed by atoms with Gasteiger partial charge in [0.2, 0.25) is 11.8 Å². The summed E-state index contributed by atoms with van der Waals surface area (Å²) in [5.41, 5.74) is 0.291. The van der Waals surface area contributed by atoms with Crippen LogP contribution in [-0.4, -0.2) is 61.2 Å². The van der Waals surface area contributed by atoms with Crippen LogP contribution in [0.3, 0.4) is 0 Å². The molecule has 2 N–H and O–H groups in total. The summed E-state index contributed by atoms with van der Waals surface area (Å²) < 4.78 is 41.0. The molecule has 9 heteroatoms. The van der Waals surface area contributed by atoms with Gasteiger partial charge in [-0.3, -0.25) is 19.4 Å². The number of rotatable bonds is 2. The lowest BCUT2D eigenvalue weighted by Gasteiger charge is -2.37. The molecular formula is C17H21F3N4O2. The third-order valence-electron chi connectivity index (χ3n) is 4.75.